The zero-order chi connectivity index (χ0) is 13.0. The monoisotopic (exact) mass is 246 g/mol. The van der Waals surface area contributed by atoms with Crippen molar-refractivity contribution in [3.05, 3.63) is 22.2 Å². The summed E-state index contributed by atoms with van der Waals surface area (Å²) < 4.78 is 0. The van der Waals surface area contributed by atoms with Gasteiger partial charge in [-0.2, -0.15) is 10.2 Å². The van der Waals surface area contributed by atoms with E-state index >= 15 is 0 Å². The number of H-pyrrole nitrogens is 1. The lowest BCUT2D eigenvalue weighted by Gasteiger charge is -2.27. The largest absolute Gasteiger partial charge is 0.359 e. The van der Waals surface area contributed by atoms with Gasteiger partial charge in [-0.05, 0) is 18.8 Å². The summed E-state index contributed by atoms with van der Waals surface area (Å²) in [7, 11) is 1.93. The Kier molecular flexibility index (Phi) is 3.98. The van der Waals surface area contributed by atoms with Gasteiger partial charge in [-0.25, -0.2) is 4.79 Å². The maximum atomic E-state index is 11.3. The van der Waals surface area contributed by atoms with Crippen molar-refractivity contribution in [2.75, 3.05) is 18.5 Å². The molecule has 5 heteroatoms. The van der Waals surface area contributed by atoms with Crippen LogP contribution in [0.3, 0.4) is 0 Å². The zero-order valence-electron chi connectivity index (χ0n) is 10.6. The van der Waals surface area contributed by atoms with Gasteiger partial charge in [0.25, 0.3) is 0 Å². The van der Waals surface area contributed by atoms with Gasteiger partial charge in [0.2, 0.25) is 0 Å². The first-order chi connectivity index (χ1) is 8.69. The predicted octanol–water partition coefficient (Wildman–Crippen LogP) is 1.66. The number of nitriles is 1. The maximum absolute atomic E-state index is 11.3. The van der Waals surface area contributed by atoms with Crippen molar-refractivity contribution in [2.24, 2.45) is 5.92 Å². The molecular formula is C13H18N4O. The third-order valence-corrected chi connectivity index (χ3v) is 3.50. The molecule has 1 aliphatic carbocycles. The van der Waals surface area contributed by atoms with Gasteiger partial charge in [0.05, 0.1) is 0 Å². The molecule has 0 bridgehead atoms. The highest BCUT2D eigenvalue weighted by atomic mass is 16.1. The lowest BCUT2D eigenvalue weighted by molar-refractivity contribution is 0.361. The number of aromatic amines is 1. The summed E-state index contributed by atoms with van der Waals surface area (Å²) in [5, 5.41) is 8.82. The van der Waals surface area contributed by atoms with Gasteiger partial charge < -0.3 is 4.90 Å². The van der Waals surface area contributed by atoms with E-state index in [-0.39, 0.29) is 5.69 Å². The average molecular weight is 246 g/mol. The molecule has 96 valence electrons. The lowest BCUT2D eigenvalue weighted by Crippen LogP contribution is -2.29. The van der Waals surface area contributed by atoms with Crippen LogP contribution in [0, 0.1) is 17.2 Å². The first-order valence-corrected chi connectivity index (χ1v) is 6.41. The molecular weight excluding hydrogens is 228 g/mol. The highest BCUT2D eigenvalue weighted by molar-refractivity contribution is 5.41. The minimum atomic E-state index is -0.459. The zero-order valence-corrected chi connectivity index (χ0v) is 10.6. The molecule has 0 unspecified atom stereocenters. The molecule has 5 nitrogen and oxygen atoms in total. The Morgan fingerprint density at radius 2 is 2.22 bits per heavy atom. The van der Waals surface area contributed by atoms with E-state index in [4.69, 9.17) is 5.26 Å². The molecule has 0 amide bonds. The van der Waals surface area contributed by atoms with Gasteiger partial charge in [0, 0.05) is 19.7 Å². The summed E-state index contributed by atoms with van der Waals surface area (Å²) in [4.78, 5) is 19.6. The molecule has 2 rings (SSSR count). The summed E-state index contributed by atoms with van der Waals surface area (Å²) in [6, 6.07) is 3.57. The molecule has 1 N–H and O–H groups in total. The lowest BCUT2D eigenvalue weighted by atomic mass is 9.89. The highest BCUT2D eigenvalue weighted by Gasteiger charge is 2.16. The molecule has 1 aromatic rings. The summed E-state index contributed by atoms with van der Waals surface area (Å²) in [6.07, 6.45) is 6.43. The fraction of sp³-hybridized carbons (Fsp3) is 0.615. The van der Waals surface area contributed by atoms with Crippen LogP contribution in [0.25, 0.3) is 0 Å². The van der Waals surface area contributed by atoms with E-state index in [1.165, 1.54) is 32.1 Å². The Morgan fingerprint density at radius 3 is 2.89 bits per heavy atom. The first kappa shape index (κ1) is 12.6. The SMILES string of the molecule is CN(CC1CCCCC1)c1cc(C#N)[nH]c(=O)n1. The number of aromatic nitrogens is 2. The van der Waals surface area contributed by atoms with Gasteiger partial charge in [-0.3, -0.25) is 4.98 Å². The molecule has 1 aromatic heterocycles. The average Bonchev–Trinajstić information content (AvgIpc) is 2.39. The van der Waals surface area contributed by atoms with Crippen LogP contribution in [0.15, 0.2) is 10.9 Å². The number of anilines is 1. The van der Waals surface area contributed by atoms with Crippen molar-refractivity contribution in [2.45, 2.75) is 32.1 Å². The summed E-state index contributed by atoms with van der Waals surface area (Å²) in [5.74, 6) is 1.26. The van der Waals surface area contributed by atoms with E-state index in [9.17, 15) is 4.79 Å². The fourth-order valence-electron chi connectivity index (χ4n) is 2.55. The molecule has 18 heavy (non-hydrogen) atoms. The van der Waals surface area contributed by atoms with E-state index in [1.807, 2.05) is 18.0 Å². The van der Waals surface area contributed by atoms with Crippen molar-refractivity contribution in [3.8, 4) is 6.07 Å². The van der Waals surface area contributed by atoms with E-state index in [1.54, 1.807) is 6.07 Å². The molecule has 1 heterocycles. The van der Waals surface area contributed by atoms with Crippen LogP contribution in [-0.4, -0.2) is 23.6 Å². The fourth-order valence-corrected chi connectivity index (χ4v) is 2.55. The number of hydrogen-bond donors (Lipinski definition) is 1. The normalized spacial score (nSPS) is 16.2. The van der Waals surface area contributed by atoms with Crippen molar-refractivity contribution >= 4 is 5.82 Å². The molecule has 0 aromatic carbocycles. The van der Waals surface area contributed by atoms with Crippen molar-refractivity contribution < 1.29 is 0 Å². The second-order valence-electron chi connectivity index (χ2n) is 4.95. The standard InChI is InChI=1S/C13H18N4O/c1-17(9-10-5-3-2-4-6-10)12-7-11(8-14)15-13(18)16-12/h7,10H,2-6,9H2,1H3,(H,15,16,18). The third kappa shape index (κ3) is 3.10. The van der Waals surface area contributed by atoms with Crippen LogP contribution in [0.5, 0.6) is 0 Å². The highest BCUT2D eigenvalue weighted by Crippen LogP contribution is 2.25. The molecule has 0 spiro atoms. The van der Waals surface area contributed by atoms with Gasteiger partial charge >= 0.3 is 5.69 Å². The Bertz CT molecular complexity index is 496. The van der Waals surface area contributed by atoms with Crippen LogP contribution in [0.1, 0.15) is 37.8 Å². The molecule has 0 aliphatic heterocycles. The summed E-state index contributed by atoms with van der Waals surface area (Å²) in [6.45, 7) is 0.904. The van der Waals surface area contributed by atoms with Crippen LogP contribution in [0.2, 0.25) is 0 Å². The minimum absolute atomic E-state index is 0.264. The number of nitrogens with one attached hydrogen (secondary N) is 1. The molecule has 1 fully saturated rings. The number of nitrogens with zero attached hydrogens (tertiary/aromatic N) is 3. The van der Waals surface area contributed by atoms with Crippen LogP contribution in [-0.2, 0) is 0 Å². The van der Waals surface area contributed by atoms with E-state index in [2.05, 4.69) is 9.97 Å². The van der Waals surface area contributed by atoms with E-state index in [0.717, 1.165) is 6.54 Å². The van der Waals surface area contributed by atoms with Crippen molar-refractivity contribution in [3.63, 3.8) is 0 Å². The minimum Gasteiger partial charge on any atom is -0.359 e. The Morgan fingerprint density at radius 1 is 1.50 bits per heavy atom. The maximum Gasteiger partial charge on any atom is 0.347 e. The number of rotatable bonds is 3. The van der Waals surface area contributed by atoms with Crippen LogP contribution >= 0.6 is 0 Å². The van der Waals surface area contributed by atoms with Crippen LogP contribution in [0.4, 0.5) is 5.82 Å². The smallest absolute Gasteiger partial charge is 0.347 e. The Labute approximate surface area is 106 Å². The van der Waals surface area contributed by atoms with Gasteiger partial charge in [-0.15, -0.1) is 0 Å². The number of hydrogen-bond acceptors (Lipinski definition) is 4. The van der Waals surface area contributed by atoms with Gasteiger partial charge in [-0.1, -0.05) is 19.3 Å². The van der Waals surface area contributed by atoms with E-state index < -0.39 is 5.69 Å². The van der Waals surface area contributed by atoms with Crippen LogP contribution < -0.4 is 10.6 Å². The first-order valence-electron chi connectivity index (χ1n) is 6.41. The quantitative estimate of drug-likeness (QED) is 0.880. The molecule has 0 saturated heterocycles. The van der Waals surface area contributed by atoms with Crippen molar-refractivity contribution in [1.29, 1.82) is 5.26 Å². The second-order valence-corrected chi connectivity index (χ2v) is 4.95. The topological polar surface area (TPSA) is 72.8 Å². The summed E-state index contributed by atoms with van der Waals surface area (Å²) in [5.41, 5.74) is -0.194. The predicted molar refractivity (Wildman–Crippen MR) is 69.4 cm³/mol. The Balaban J connectivity index is 2.08. The van der Waals surface area contributed by atoms with E-state index in [0.29, 0.717) is 11.7 Å². The molecule has 1 aliphatic rings. The van der Waals surface area contributed by atoms with Gasteiger partial charge in [0.1, 0.15) is 17.6 Å². The third-order valence-electron chi connectivity index (χ3n) is 3.50. The second kappa shape index (κ2) is 5.67. The molecule has 0 atom stereocenters. The van der Waals surface area contributed by atoms with Crippen molar-refractivity contribution in [1.82, 2.24) is 9.97 Å². The Hall–Kier alpha value is -1.83. The summed E-state index contributed by atoms with van der Waals surface area (Å²) >= 11 is 0. The molecule has 1 saturated carbocycles. The molecule has 0 radical (unpaired) electrons. The van der Waals surface area contributed by atoms with Gasteiger partial charge in [0.15, 0.2) is 0 Å².